The molecule has 1 N–H and O–H groups in total. The predicted molar refractivity (Wildman–Crippen MR) is 76.2 cm³/mol. The number of hydrogen-bond acceptors (Lipinski definition) is 7. The zero-order valence-corrected chi connectivity index (χ0v) is 13.3. The van der Waals surface area contributed by atoms with Crippen LogP contribution in [-0.2, 0) is 14.8 Å². The third-order valence-corrected chi connectivity index (χ3v) is 5.36. The molecule has 7 nitrogen and oxygen atoms in total. The van der Waals surface area contributed by atoms with E-state index in [1.165, 1.54) is 17.8 Å². The number of ether oxygens (including phenoxy) is 1. The monoisotopic (exact) mass is 377 g/mol. The first-order chi connectivity index (χ1) is 9.44. The molecule has 0 spiro atoms. The zero-order chi connectivity index (χ0) is 14.8. The molecule has 0 fully saturated rings. The molecule has 0 amide bonds. The predicted octanol–water partition coefficient (Wildman–Crippen LogP) is 1.89. The van der Waals surface area contributed by atoms with Crippen molar-refractivity contribution in [2.75, 3.05) is 11.8 Å². The van der Waals surface area contributed by atoms with Gasteiger partial charge >= 0.3 is 5.97 Å². The topological polar surface area (TPSA) is 98.2 Å². The summed E-state index contributed by atoms with van der Waals surface area (Å²) in [4.78, 5) is 19.1. The molecule has 0 saturated carbocycles. The minimum Gasteiger partial charge on any atom is -0.464 e. The lowest BCUT2D eigenvalue weighted by Crippen LogP contribution is -2.16. The van der Waals surface area contributed by atoms with Gasteiger partial charge in [-0.1, -0.05) is 0 Å². The van der Waals surface area contributed by atoms with Crippen LogP contribution in [0.5, 0.6) is 0 Å². The van der Waals surface area contributed by atoms with E-state index in [9.17, 15) is 13.2 Å². The minimum absolute atomic E-state index is 0.202. The van der Waals surface area contributed by atoms with Gasteiger partial charge in [-0.25, -0.2) is 23.2 Å². The number of anilines is 1. The van der Waals surface area contributed by atoms with Crippen LogP contribution >= 0.6 is 27.3 Å². The van der Waals surface area contributed by atoms with Crippen LogP contribution in [0.25, 0.3) is 0 Å². The SMILES string of the molecule is COC(=O)c1ncsc1S(=O)(=O)Nc1ccc(Br)nc1. The van der Waals surface area contributed by atoms with Crippen molar-refractivity contribution in [3.05, 3.63) is 34.1 Å². The standard InChI is InChI=1S/C10H8BrN3O4S2/c1-18-9(15)8-10(19-5-13-8)20(16,17)14-6-2-3-7(11)12-4-6/h2-5,14H,1H3. The van der Waals surface area contributed by atoms with Gasteiger partial charge in [0.1, 0.15) is 4.60 Å². The molecule has 0 aliphatic heterocycles. The van der Waals surface area contributed by atoms with E-state index in [0.29, 0.717) is 4.60 Å². The van der Waals surface area contributed by atoms with Crippen LogP contribution in [0.4, 0.5) is 5.69 Å². The second kappa shape index (κ2) is 5.85. The second-order valence-corrected chi connectivity index (χ2v) is 7.00. The Morgan fingerprint density at radius 3 is 2.75 bits per heavy atom. The zero-order valence-electron chi connectivity index (χ0n) is 10.0. The molecule has 20 heavy (non-hydrogen) atoms. The third-order valence-electron chi connectivity index (χ3n) is 2.14. The van der Waals surface area contributed by atoms with Crippen molar-refractivity contribution in [2.24, 2.45) is 0 Å². The Balaban J connectivity index is 2.34. The lowest BCUT2D eigenvalue weighted by molar-refractivity contribution is 0.0590. The average molecular weight is 378 g/mol. The number of rotatable bonds is 4. The van der Waals surface area contributed by atoms with Crippen molar-refractivity contribution >= 4 is 48.9 Å². The third kappa shape index (κ3) is 3.14. The van der Waals surface area contributed by atoms with E-state index in [-0.39, 0.29) is 15.6 Å². The van der Waals surface area contributed by atoms with Crippen molar-refractivity contribution < 1.29 is 17.9 Å². The number of thiazole rings is 1. The van der Waals surface area contributed by atoms with Crippen LogP contribution in [-0.4, -0.2) is 31.5 Å². The minimum atomic E-state index is -3.92. The molecule has 0 bridgehead atoms. The fraction of sp³-hybridized carbons (Fsp3) is 0.100. The highest BCUT2D eigenvalue weighted by molar-refractivity contribution is 9.10. The van der Waals surface area contributed by atoms with E-state index in [0.717, 1.165) is 18.4 Å². The largest absolute Gasteiger partial charge is 0.464 e. The molecular formula is C10H8BrN3O4S2. The highest BCUT2D eigenvalue weighted by atomic mass is 79.9. The molecule has 0 atom stereocenters. The average Bonchev–Trinajstić information content (AvgIpc) is 2.90. The lowest BCUT2D eigenvalue weighted by atomic mass is 10.4. The van der Waals surface area contributed by atoms with Crippen LogP contribution < -0.4 is 4.72 Å². The molecule has 106 valence electrons. The molecule has 10 heteroatoms. The van der Waals surface area contributed by atoms with Gasteiger partial charge in [0, 0.05) is 0 Å². The number of sulfonamides is 1. The summed E-state index contributed by atoms with van der Waals surface area (Å²) in [6.45, 7) is 0. The first-order valence-electron chi connectivity index (χ1n) is 5.10. The smallest absolute Gasteiger partial charge is 0.358 e. The van der Waals surface area contributed by atoms with Gasteiger partial charge in [-0.3, -0.25) is 4.72 Å². The summed E-state index contributed by atoms with van der Waals surface area (Å²) in [6, 6.07) is 3.12. The summed E-state index contributed by atoms with van der Waals surface area (Å²) in [5.41, 5.74) is 1.30. The van der Waals surface area contributed by atoms with Crippen LogP contribution in [0.15, 0.2) is 32.7 Å². The van der Waals surface area contributed by atoms with E-state index in [1.54, 1.807) is 6.07 Å². The molecule has 0 aliphatic rings. The molecule has 0 radical (unpaired) electrons. The highest BCUT2D eigenvalue weighted by Gasteiger charge is 2.26. The molecule has 0 saturated heterocycles. The fourth-order valence-corrected chi connectivity index (χ4v) is 3.71. The number of carbonyl (C=O) groups excluding carboxylic acids is 1. The number of nitrogens with one attached hydrogen (secondary N) is 1. The summed E-state index contributed by atoms with van der Waals surface area (Å²) >= 11 is 3.98. The van der Waals surface area contributed by atoms with Crippen molar-refractivity contribution in [3.8, 4) is 0 Å². The summed E-state index contributed by atoms with van der Waals surface area (Å²) < 4.78 is 31.6. The molecule has 2 rings (SSSR count). The number of pyridine rings is 1. The van der Waals surface area contributed by atoms with E-state index in [1.807, 2.05) is 0 Å². The number of halogens is 1. The van der Waals surface area contributed by atoms with E-state index < -0.39 is 16.0 Å². The summed E-state index contributed by atoms with van der Waals surface area (Å²) in [5, 5.41) is 0. The van der Waals surface area contributed by atoms with Crippen LogP contribution in [0, 0.1) is 0 Å². The van der Waals surface area contributed by atoms with Crippen LogP contribution in [0.2, 0.25) is 0 Å². The van der Waals surface area contributed by atoms with E-state index in [4.69, 9.17) is 0 Å². The maximum Gasteiger partial charge on any atom is 0.358 e. The molecule has 0 aliphatic carbocycles. The van der Waals surface area contributed by atoms with Crippen molar-refractivity contribution in [1.29, 1.82) is 0 Å². The first-order valence-corrected chi connectivity index (χ1v) is 8.26. The van der Waals surface area contributed by atoms with Gasteiger partial charge in [-0.15, -0.1) is 11.3 Å². The molecule has 2 aromatic rings. The van der Waals surface area contributed by atoms with E-state index >= 15 is 0 Å². The Bertz CT molecular complexity index is 727. The Hall–Kier alpha value is -1.52. The van der Waals surface area contributed by atoms with Gasteiger partial charge < -0.3 is 4.74 Å². The summed E-state index contributed by atoms with van der Waals surface area (Å²) in [6.07, 6.45) is 1.35. The van der Waals surface area contributed by atoms with Gasteiger partial charge in [-0.05, 0) is 28.1 Å². The van der Waals surface area contributed by atoms with Gasteiger partial charge in [0.2, 0.25) is 0 Å². The first kappa shape index (κ1) is 14.9. The lowest BCUT2D eigenvalue weighted by Gasteiger charge is -2.06. The Kier molecular flexibility index (Phi) is 4.35. The number of methoxy groups -OCH3 is 1. The number of nitrogens with zero attached hydrogens (tertiary/aromatic N) is 2. The molecule has 0 aromatic carbocycles. The summed E-state index contributed by atoms with van der Waals surface area (Å²) in [5.74, 6) is -0.805. The van der Waals surface area contributed by atoms with Crippen LogP contribution in [0.3, 0.4) is 0 Å². The Morgan fingerprint density at radius 2 is 2.15 bits per heavy atom. The Morgan fingerprint density at radius 1 is 1.40 bits per heavy atom. The quantitative estimate of drug-likeness (QED) is 0.645. The normalized spacial score (nSPS) is 11.1. The van der Waals surface area contributed by atoms with Gasteiger partial charge in [0.05, 0.1) is 24.5 Å². The molecule has 2 aromatic heterocycles. The number of esters is 1. The van der Waals surface area contributed by atoms with Gasteiger partial charge in [0.15, 0.2) is 9.90 Å². The van der Waals surface area contributed by atoms with Crippen molar-refractivity contribution in [1.82, 2.24) is 9.97 Å². The number of carbonyl (C=O) groups is 1. The molecule has 0 unspecified atom stereocenters. The summed E-state index contributed by atoms with van der Waals surface area (Å²) in [7, 11) is -2.76. The van der Waals surface area contributed by atoms with Crippen molar-refractivity contribution in [3.63, 3.8) is 0 Å². The highest BCUT2D eigenvalue weighted by Crippen LogP contribution is 2.23. The van der Waals surface area contributed by atoms with E-state index in [2.05, 4.69) is 35.4 Å². The van der Waals surface area contributed by atoms with Crippen LogP contribution in [0.1, 0.15) is 10.5 Å². The van der Waals surface area contributed by atoms with Gasteiger partial charge in [0.25, 0.3) is 10.0 Å². The second-order valence-electron chi connectivity index (χ2n) is 3.46. The van der Waals surface area contributed by atoms with Gasteiger partial charge in [-0.2, -0.15) is 0 Å². The molecular weight excluding hydrogens is 370 g/mol. The number of aromatic nitrogens is 2. The Labute approximate surface area is 127 Å². The fourth-order valence-electron chi connectivity index (χ4n) is 1.30. The number of hydrogen-bond donors (Lipinski definition) is 1. The molecule has 2 heterocycles. The maximum absolute atomic E-state index is 12.2. The maximum atomic E-state index is 12.2. The van der Waals surface area contributed by atoms with Crippen molar-refractivity contribution in [2.45, 2.75) is 4.21 Å².